The third kappa shape index (κ3) is 3.34. The minimum atomic E-state index is -0.270. The molecule has 0 saturated heterocycles. The first-order valence-electron chi connectivity index (χ1n) is 5.94. The first-order valence-corrected chi connectivity index (χ1v) is 5.94. The number of hydrogen-bond acceptors (Lipinski definition) is 3. The van der Waals surface area contributed by atoms with Crippen molar-refractivity contribution in [3.63, 3.8) is 0 Å². The van der Waals surface area contributed by atoms with Crippen molar-refractivity contribution < 1.29 is 13.5 Å². The van der Waals surface area contributed by atoms with Crippen molar-refractivity contribution in [1.29, 1.82) is 0 Å². The summed E-state index contributed by atoms with van der Waals surface area (Å²) in [5, 5.41) is 3.23. The Morgan fingerprint density at radius 1 is 1.22 bits per heavy atom. The predicted octanol–water partition coefficient (Wildman–Crippen LogP) is 3.11. The van der Waals surface area contributed by atoms with Crippen LogP contribution in [0.3, 0.4) is 0 Å². The lowest BCUT2D eigenvalue weighted by atomic mass is 10.2. The van der Waals surface area contributed by atoms with E-state index in [4.69, 9.17) is 9.15 Å². The molecule has 0 amide bonds. The van der Waals surface area contributed by atoms with E-state index in [2.05, 4.69) is 12.2 Å². The molecule has 2 aromatic rings. The third-order valence-corrected chi connectivity index (χ3v) is 2.59. The zero-order chi connectivity index (χ0) is 12.8. The molecule has 3 nitrogen and oxygen atoms in total. The zero-order valence-corrected chi connectivity index (χ0v) is 10.3. The van der Waals surface area contributed by atoms with Crippen LogP contribution < -0.4 is 10.1 Å². The largest absolute Gasteiger partial charge is 0.486 e. The standard InChI is InChI=1S/C14H16FNO2/c1-2-16-9-11-7-8-17-14(11)10-18-13-5-3-12(15)4-6-13/h3-8,16H,2,9-10H2,1H3. The van der Waals surface area contributed by atoms with E-state index in [1.54, 1.807) is 18.4 Å². The summed E-state index contributed by atoms with van der Waals surface area (Å²) in [4.78, 5) is 0. The van der Waals surface area contributed by atoms with Crippen LogP contribution in [0, 0.1) is 5.82 Å². The minimum absolute atomic E-state index is 0.270. The van der Waals surface area contributed by atoms with E-state index in [-0.39, 0.29) is 5.82 Å². The molecule has 0 saturated carbocycles. The average Bonchev–Trinajstić information content (AvgIpc) is 2.83. The van der Waals surface area contributed by atoms with Crippen molar-refractivity contribution in [2.24, 2.45) is 0 Å². The van der Waals surface area contributed by atoms with Crippen molar-refractivity contribution >= 4 is 0 Å². The fraction of sp³-hybridized carbons (Fsp3) is 0.286. The molecular formula is C14H16FNO2. The Morgan fingerprint density at radius 3 is 2.72 bits per heavy atom. The number of nitrogens with one attached hydrogen (secondary N) is 1. The molecule has 1 heterocycles. The van der Waals surface area contributed by atoms with Gasteiger partial charge in [0, 0.05) is 12.1 Å². The van der Waals surface area contributed by atoms with Gasteiger partial charge in [0.05, 0.1) is 6.26 Å². The molecule has 0 unspecified atom stereocenters. The van der Waals surface area contributed by atoms with Gasteiger partial charge >= 0.3 is 0 Å². The number of furan rings is 1. The van der Waals surface area contributed by atoms with E-state index in [9.17, 15) is 4.39 Å². The lowest BCUT2D eigenvalue weighted by Gasteiger charge is -2.06. The van der Waals surface area contributed by atoms with Gasteiger partial charge in [-0.25, -0.2) is 4.39 Å². The Labute approximate surface area is 106 Å². The predicted molar refractivity (Wildman–Crippen MR) is 66.8 cm³/mol. The second kappa shape index (κ2) is 6.21. The first-order chi connectivity index (χ1) is 8.79. The molecule has 0 aliphatic carbocycles. The van der Waals surface area contributed by atoms with E-state index < -0.39 is 0 Å². The number of ether oxygens (including phenoxy) is 1. The summed E-state index contributed by atoms with van der Waals surface area (Å²) in [6, 6.07) is 7.87. The summed E-state index contributed by atoms with van der Waals surface area (Å²) < 4.78 is 23.6. The van der Waals surface area contributed by atoms with Crippen LogP contribution in [0.15, 0.2) is 41.0 Å². The monoisotopic (exact) mass is 249 g/mol. The zero-order valence-electron chi connectivity index (χ0n) is 10.3. The summed E-state index contributed by atoms with van der Waals surface area (Å²) in [7, 11) is 0. The van der Waals surface area contributed by atoms with Crippen molar-refractivity contribution in [2.75, 3.05) is 6.54 Å². The molecule has 0 spiro atoms. The lowest BCUT2D eigenvalue weighted by Crippen LogP contribution is -2.12. The van der Waals surface area contributed by atoms with Gasteiger partial charge in [-0.2, -0.15) is 0 Å². The van der Waals surface area contributed by atoms with Crippen molar-refractivity contribution in [2.45, 2.75) is 20.1 Å². The van der Waals surface area contributed by atoms with E-state index >= 15 is 0 Å². The van der Waals surface area contributed by atoms with E-state index in [1.165, 1.54) is 12.1 Å². The van der Waals surface area contributed by atoms with Crippen molar-refractivity contribution in [1.82, 2.24) is 5.32 Å². The molecule has 96 valence electrons. The van der Waals surface area contributed by atoms with Crippen molar-refractivity contribution in [3.8, 4) is 5.75 Å². The van der Waals surface area contributed by atoms with Crippen LogP contribution in [0.25, 0.3) is 0 Å². The molecule has 1 aromatic heterocycles. The quantitative estimate of drug-likeness (QED) is 0.854. The molecule has 0 radical (unpaired) electrons. The van der Waals surface area contributed by atoms with Gasteiger partial charge < -0.3 is 14.5 Å². The van der Waals surface area contributed by atoms with Gasteiger partial charge in [0.1, 0.15) is 23.9 Å². The Hall–Kier alpha value is -1.81. The molecule has 1 aromatic carbocycles. The number of benzene rings is 1. The highest BCUT2D eigenvalue weighted by atomic mass is 19.1. The lowest BCUT2D eigenvalue weighted by molar-refractivity contribution is 0.268. The van der Waals surface area contributed by atoms with E-state index in [0.717, 1.165) is 24.4 Å². The van der Waals surface area contributed by atoms with Crippen molar-refractivity contribution in [3.05, 3.63) is 53.7 Å². The topological polar surface area (TPSA) is 34.4 Å². The first kappa shape index (κ1) is 12.6. The highest BCUT2D eigenvalue weighted by molar-refractivity contribution is 5.23. The molecule has 0 bridgehead atoms. The maximum Gasteiger partial charge on any atom is 0.146 e. The van der Waals surface area contributed by atoms with Gasteiger partial charge in [-0.3, -0.25) is 0 Å². The molecule has 1 N–H and O–H groups in total. The second-order valence-corrected chi connectivity index (χ2v) is 3.89. The Morgan fingerprint density at radius 2 is 2.00 bits per heavy atom. The summed E-state index contributed by atoms with van der Waals surface area (Å²) in [6.07, 6.45) is 1.65. The molecule has 0 atom stereocenters. The summed E-state index contributed by atoms with van der Waals surface area (Å²) >= 11 is 0. The fourth-order valence-corrected chi connectivity index (χ4v) is 1.59. The number of hydrogen-bond donors (Lipinski definition) is 1. The van der Waals surface area contributed by atoms with Crippen LogP contribution >= 0.6 is 0 Å². The van der Waals surface area contributed by atoms with Crippen LogP contribution in [0.4, 0.5) is 4.39 Å². The van der Waals surface area contributed by atoms with Crippen LogP contribution in [-0.4, -0.2) is 6.54 Å². The normalized spacial score (nSPS) is 10.6. The summed E-state index contributed by atoms with van der Waals surface area (Å²) in [6.45, 7) is 4.06. The maximum atomic E-state index is 12.7. The highest BCUT2D eigenvalue weighted by Crippen LogP contribution is 2.16. The summed E-state index contributed by atoms with van der Waals surface area (Å²) in [5.41, 5.74) is 1.08. The third-order valence-electron chi connectivity index (χ3n) is 2.59. The van der Waals surface area contributed by atoms with Crippen LogP contribution in [0.2, 0.25) is 0 Å². The van der Waals surface area contributed by atoms with Gasteiger partial charge in [0.2, 0.25) is 0 Å². The molecule has 4 heteroatoms. The van der Waals surface area contributed by atoms with E-state index in [0.29, 0.717) is 12.4 Å². The molecule has 18 heavy (non-hydrogen) atoms. The summed E-state index contributed by atoms with van der Waals surface area (Å²) in [5.74, 6) is 1.15. The SMILES string of the molecule is CCNCc1ccoc1COc1ccc(F)cc1. The van der Waals surface area contributed by atoms with Gasteiger partial charge in [0.15, 0.2) is 0 Å². The molecular weight excluding hydrogens is 233 g/mol. The van der Waals surface area contributed by atoms with Gasteiger partial charge in [-0.05, 0) is 36.9 Å². The smallest absolute Gasteiger partial charge is 0.146 e. The fourth-order valence-electron chi connectivity index (χ4n) is 1.59. The van der Waals surface area contributed by atoms with Gasteiger partial charge in [0.25, 0.3) is 0 Å². The second-order valence-electron chi connectivity index (χ2n) is 3.89. The minimum Gasteiger partial charge on any atom is -0.486 e. The Kier molecular flexibility index (Phi) is 4.36. The van der Waals surface area contributed by atoms with E-state index in [1.807, 2.05) is 6.07 Å². The maximum absolute atomic E-state index is 12.7. The Balaban J connectivity index is 1.93. The number of halogens is 1. The van der Waals surface area contributed by atoms with Gasteiger partial charge in [-0.15, -0.1) is 0 Å². The highest BCUT2D eigenvalue weighted by Gasteiger charge is 2.06. The average molecular weight is 249 g/mol. The van der Waals surface area contributed by atoms with Crippen LogP contribution in [0.5, 0.6) is 5.75 Å². The van der Waals surface area contributed by atoms with Crippen LogP contribution in [0.1, 0.15) is 18.2 Å². The molecule has 0 aliphatic rings. The molecule has 0 fully saturated rings. The molecule has 0 aliphatic heterocycles. The molecule has 2 rings (SSSR count). The number of rotatable bonds is 6. The van der Waals surface area contributed by atoms with Crippen LogP contribution in [-0.2, 0) is 13.2 Å². The Bertz CT molecular complexity index is 479. The van der Waals surface area contributed by atoms with Gasteiger partial charge in [-0.1, -0.05) is 6.92 Å².